The molecule has 2 rings (SSSR count). The number of halogens is 4. The monoisotopic (exact) mass is 528 g/mol. The lowest BCUT2D eigenvalue weighted by Gasteiger charge is -2.14. The fourth-order valence-electron chi connectivity index (χ4n) is 2.23. The molecule has 0 unspecified atom stereocenters. The lowest BCUT2D eigenvalue weighted by molar-refractivity contribution is -0.153. The molecule has 1 heterocycles. The van der Waals surface area contributed by atoms with Crippen LogP contribution in [0.25, 0.3) is 0 Å². The molecule has 0 aliphatic carbocycles. The molecule has 0 saturated heterocycles. The summed E-state index contributed by atoms with van der Waals surface area (Å²) in [5.41, 5.74) is 1.41. The second kappa shape index (κ2) is 11.4. The number of rotatable bonds is 7. The summed E-state index contributed by atoms with van der Waals surface area (Å²) < 4.78 is 42.4. The quantitative estimate of drug-likeness (QED) is 0.314. The van der Waals surface area contributed by atoms with E-state index in [9.17, 15) is 13.2 Å². The van der Waals surface area contributed by atoms with Gasteiger partial charge < -0.3 is 15.4 Å². The molecule has 0 amide bonds. The number of thiazole rings is 1. The van der Waals surface area contributed by atoms with Gasteiger partial charge in [0, 0.05) is 23.2 Å². The van der Waals surface area contributed by atoms with Crippen LogP contribution in [-0.2, 0) is 13.1 Å². The van der Waals surface area contributed by atoms with E-state index >= 15 is 0 Å². The Hall–Kier alpha value is -1.56. The molecular weight excluding hydrogens is 504 g/mol. The smallest absolute Gasteiger partial charge is 0.422 e. The molecule has 0 aliphatic rings. The van der Waals surface area contributed by atoms with Crippen LogP contribution in [0.4, 0.5) is 13.2 Å². The molecule has 0 radical (unpaired) electrons. The van der Waals surface area contributed by atoms with Crippen molar-refractivity contribution in [2.75, 3.05) is 13.2 Å². The Morgan fingerprint density at radius 3 is 2.61 bits per heavy atom. The average molecular weight is 528 g/mol. The highest BCUT2D eigenvalue weighted by molar-refractivity contribution is 14.0. The molecule has 1 aromatic heterocycles. The van der Waals surface area contributed by atoms with Crippen LogP contribution in [0, 0.1) is 13.8 Å². The zero-order chi connectivity index (χ0) is 19.9. The molecule has 0 bridgehead atoms. The van der Waals surface area contributed by atoms with Gasteiger partial charge in [-0.15, -0.1) is 35.3 Å². The number of benzene rings is 1. The van der Waals surface area contributed by atoms with Gasteiger partial charge in [-0.2, -0.15) is 13.2 Å². The van der Waals surface area contributed by atoms with Crippen molar-refractivity contribution in [3.8, 4) is 5.75 Å². The topological polar surface area (TPSA) is 58.5 Å². The lowest BCUT2D eigenvalue weighted by Crippen LogP contribution is -2.36. The summed E-state index contributed by atoms with van der Waals surface area (Å²) in [7, 11) is 0. The second-order valence-corrected chi connectivity index (χ2v) is 7.25. The first-order chi connectivity index (χ1) is 12.8. The first-order valence-corrected chi connectivity index (χ1v) is 9.31. The van der Waals surface area contributed by atoms with Crippen molar-refractivity contribution in [3.63, 3.8) is 0 Å². The van der Waals surface area contributed by atoms with E-state index in [1.165, 1.54) is 0 Å². The van der Waals surface area contributed by atoms with Crippen molar-refractivity contribution in [2.45, 2.75) is 40.0 Å². The summed E-state index contributed by atoms with van der Waals surface area (Å²) in [6, 6.07) is 5.15. The van der Waals surface area contributed by atoms with Crippen molar-refractivity contribution < 1.29 is 17.9 Å². The molecular formula is C18H24F3IN4OS. The second-order valence-electron chi connectivity index (χ2n) is 5.93. The van der Waals surface area contributed by atoms with E-state index in [0.29, 0.717) is 24.6 Å². The minimum atomic E-state index is -4.38. The number of nitrogens with one attached hydrogen (secondary N) is 2. The van der Waals surface area contributed by atoms with Crippen molar-refractivity contribution in [2.24, 2.45) is 4.99 Å². The maximum Gasteiger partial charge on any atom is 0.422 e. The molecule has 2 aromatic rings. The van der Waals surface area contributed by atoms with Gasteiger partial charge in [0.25, 0.3) is 0 Å². The summed E-state index contributed by atoms with van der Waals surface area (Å²) in [5, 5.41) is 7.22. The highest BCUT2D eigenvalue weighted by atomic mass is 127. The Morgan fingerprint density at radius 1 is 1.25 bits per heavy atom. The standard InChI is InChI=1S/C18H23F3N4OS.HI/c1-4-22-17(25-10-16-23-8-13(3)27-16)24-9-14-6-5-12(2)7-15(14)26-11-18(19,20)21;/h5-8H,4,9-11H2,1-3H3,(H2,22,24,25);1H. The fourth-order valence-corrected chi connectivity index (χ4v) is 2.96. The van der Waals surface area contributed by atoms with Crippen LogP contribution in [0.5, 0.6) is 5.75 Å². The summed E-state index contributed by atoms with van der Waals surface area (Å²) in [6.45, 7) is 5.78. The average Bonchev–Trinajstić information content (AvgIpc) is 3.01. The Kier molecular flexibility index (Phi) is 10.0. The minimum absolute atomic E-state index is 0. The maximum absolute atomic E-state index is 12.5. The molecule has 10 heteroatoms. The number of nitrogens with zero attached hydrogens (tertiary/aromatic N) is 2. The van der Waals surface area contributed by atoms with E-state index < -0.39 is 12.8 Å². The highest BCUT2D eigenvalue weighted by Crippen LogP contribution is 2.24. The van der Waals surface area contributed by atoms with Gasteiger partial charge in [-0.1, -0.05) is 12.1 Å². The number of aryl methyl sites for hydroxylation is 2. The van der Waals surface area contributed by atoms with Gasteiger partial charge in [0.2, 0.25) is 0 Å². The summed E-state index contributed by atoms with van der Waals surface area (Å²) in [6.07, 6.45) is -2.57. The Morgan fingerprint density at radius 2 is 2.00 bits per heavy atom. The zero-order valence-corrected chi connectivity index (χ0v) is 19.0. The number of guanidine groups is 1. The van der Waals surface area contributed by atoms with Gasteiger partial charge in [0.15, 0.2) is 12.6 Å². The predicted octanol–water partition coefficient (Wildman–Crippen LogP) is 4.57. The molecule has 0 atom stereocenters. The van der Waals surface area contributed by atoms with E-state index in [2.05, 4.69) is 20.6 Å². The molecule has 2 N–H and O–H groups in total. The first-order valence-electron chi connectivity index (χ1n) is 8.49. The summed E-state index contributed by atoms with van der Waals surface area (Å²) in [4.78, 5) is 9.86. The predicted molar refractivity (Wildman–Crippen MR) is 117 cm³/mol. The Labute approximate surface area is 183 Å². The van der Waals surface area contributed by atoms with Crippen LogP contribution >= 0.6 is 35.3 Å². The van der Waals surface area contributed by atoms with Gasteiger partial charge in [-0.05, 0) is 32.4 Å². The first kappa shape index (κ1) is 24.5. The van der Waals surface area contributed by atoms with Crippen LogP contribution in [0.1, 0.15) is 27.9 Å². The lowest BCUT2D eigenvalue weighted by atomic mass is 10.1. The van der Waals surface area contributed by atoms with Gasteiger partial charge in [0.05, 0.1) is 13.1 Å². The molecule has 0 spiro atoms. The van der Waals surface area contributed by atoms with E-state index in [0.717, 1.165) is 15.4 Å². The summed E-state index contributed by atoms with van der Waals surface area (Å²) >= 11 is 1.59. The number of alkyl halides is 3. The summed E-state index contributed by atoms with van der Waals surface area (Å²) in [5.74, 6) is 0.759. The van der Waals surface area contributed by atoms with Crippen molar-refractivity contribution >= 4 is 41.3 Å². The number of aromatic nitrogens is 1. The van der Waals surface area contributed by atoms with E-state index in [-0.39, 0.29) is 36.3 Å². The van der Waals surface area contributed by atoms with Crippen LogP contribution in [0.15, 0.2) is 29.4 Å². The van der Waals surface area contributed by atoms with Gasteiger partial charge in [-0.25, -0.2) is 9.98 Å². The maximum atomic E-state index is 12.5. The highest BCUT2D eigenvalue weighted by Gasteiger charge is 2.28. The number of aliphatic imine (C=N–C) groups is 1. The van der Waals surface area contributed by atoms with Crippen LogP contribution in [0.2, 0.25) is 0 Å². The largest absolute Gasteiger partial charge is 0.484 e. The molecule has 1 aromatic carbocycles. The van der Waals surface area contributed by atoms with Gasteiger partial charge in [0.1, 0.15) is 10.8 Å². The molecule has 28 heavy (non-hydrogen) atoms. The molecule has 5 nitrogen and oxygen atoms in total. The van der Waals surface area contributed by atoms with Crippen molar-refractivity contribution in [3.05, 3.63) is 45.4 Å². The van der Waals surface area contributed by atoms with Crippen LogP contribution in [-0.4, -0.2) is 30.3 Å². The van der Waals surface area contributed by atoms with Crippen LogP contribution in [0.3, 0.4) is 0 Å². The third-order valence-electron chi connectivity index (χ3n) is 3.44. The van der Waals surface area contributed by atoms with Crippen molar-refractivity contribution in [1.82, 2.24) is 15.6 Å². The zero-order valence-electron chi connectivity index (χ0n) is 15.9. The molecule has 0 fully saturated rings. The van der Waals surface area contributed by atoms with Gasteiger partial charge >= 0.3 is 6.18 Å². The Balaban J connectivity index is 0.00000392. The third-order valence-corrected chi connectivity index (χ3v) is 4.35. The van der Waals surface area contributed by atoms with Crippen LogP contribution < -0.4 is 15.4 Å². The Bertz CT molecular complexity index is 780. The van der Waals surface area contributed by atoms with Crippen molar-refractivity contribution in [1.29, 1.82) is 0 Å². The minimum Gasteiger partial charge on any atom is -0.484 e. The fraction of sp³-hybridized carbons (Fsp3) is 0.444. The number of ether oxygens (including phenoxy) is 1. The van der Waals surface area contributed by atoms with E-state index in [4.69, 9.17) is 4.74 Å². The molecule has 156 valence electrons. The van der Waals surface area contributed by atoms with Gasteiger partial charge in [-0.3, -0.25) is 0 Å². The molecule has 0 saturated carbocycles. The number of hydrogen-bond acceptors (Lipinski definition) is 4. The van der Waals surface area contributed by atoms with E-state index in [1.54, 1.807) is 30.4 Å². The SMILES string of the molecule is CCNC(=NCc1ccc(C)cc1OCC(F)(F)F)NCc1ncc(C)s1.I. The van der Waals surface area contributed by atoms with E-state index in [1.807, 2.05) is 26.1 Å². The molecule has 0 aliphatic heterocycles. The third kappa shape index (κ3) is 8.63. The normalized spacial score (nSPS) is 11.7. The number of hydrogen-bond donors (Lipinski definition) is 2.